The molecule has 170 valence electrons. The first kappa shape index (κ1) is 23.4. The van der Waals surface area contributed by atoms with Crippen molar-refractivity contribution in [2.24, 2.45) is 11.8 Å². The zero-order valence-electron chi connectivity index (χ0n) is 18.5. The van der Waals surface area contributed by atoms with Crippen molar-refractivity contribution in [2.45, 2.75) is 81.3 Å². The van der Waals surface area contributed by atoms with E-state index in [1.165, 1.54) is 0 Å². The maximum atomic E-state index is 13.6. The van der Waals surface area contributed by atoms with E-state index in [1.54, 1.807) is 16.7 Å². The molecule has 0 aromatic rings. The summed E-state index contributed by atoms with van der Waals surface area (Å²) in [5, 5.41) is 15.2. The van der Waals surface area contributed by atoms with Crippen molar-refractivity contribution in [3.8, 4) is 0 Å². The molecule has 0 saturated carbocycles. The van der Waals surface area contributed by atoms with Crippen LogP contribution in [-0.4, -0.2) is 69.5 Å². The van der Waals surface area contributed by atoms with Crippen LogP contribution in [0.3, 0.4) is 0 Å². The monoisotopic (exact) mass is 439 g/mol. The van der Waals surface area contributed by atoms with Crippen LogP contribution in [0.25, 0.3) is 0 Å². The molecular formula is C22H37N3O4S. The highest BCUT2D eigenvalue weighted by Crippen LogP contribution is 2.71. The normalized spacial score (nSPS) is 34.3. The van der Waals surface area contributed by atoms with Crippen molar-refractivity contribution in [1.82, 2.24) is 15.5 Å². The first-order chi connectivity index (χ1) is 14.4. The van der Waals surface area contributed by atoms with Gasteiger partial charge in [-0.3, -0.25) is 14.4 Å². The number of carbonyl (C=O) groups excluding carboxylic acids is 3. The van der Waals surface area contributed by atoms with Crippen LogP contribution in [0, 0.1) is 11.8 Å². The maximum Gasteiger partial charge on any atom is 0.244 e. The van der Waals surface area contributed by atoms with Crippen molar-refractivity contribution < 1.29 is 19.5 Å². The Labute approximate surface area is 184 Å². The van der Waals surface area contributed by atoms with Gasteiger partial charge in [0.15, 0.2) is 0 Å². The van der Waals surface area contributed by atoms with Gasteiger partial charge in [-0.1, -0.05) is 20.3 Å². The summed E-state index contributed by atoms with van der Waals surface area (Å²) in [5.41, 5.74) is 0. The molecule has 3 rings (SSSR count). The lowest BCUT2D eigenvalue weighted by Gasteiger charge is -2.34. The van der Waals surface area contributed by atoms with E-state index in [2.05, 4.69) is 24.5 Å². The highest BCUT2D eigenvalue weighted by molar-refractivity contribution is 8.02. The summed E-state index contributed by atoms with van der Waals surface area (Å²) in [4.78, 5) is 41.8. The molecule has 0 radical (unpaired) electrons. The van der Waals surface area contributed by atoms with Gasteiger partial charge in [0, 0.05) is 31.0 Å². The minimum Gasteiger partial charge on any atom is -0.396 e. The van der Waals surface area contributed by atoms with Crippen molar-refractivity contribution in [2.75, 3.05) is 26.2 Å². The van der Waals surface area contributed by atoms with Crippen LogP contribution in [0.1, 0.15) is 65.7 Å². The molecule has 7 nitrogen and oxygen atoms in total. The predicted octanol–water partition coefficient (Wildman–Crippen LogP) is 1.68. The van der Waals surface area contributed by atoms with Crippen LogP contribution >= 0.6 is 11.8 Å². The van der Waals surface area contributed by atoms with Crippen LogP contribution in [0.5, 0.6) is 0 Å². The second kappa shape index (κ2) is 9.47. The molecule has 3 N–H and O–H groups in total. The number of aliphatic hydroxyl groups is 1. The zero-order chi connectivity index (χ0) is 21.9. The van der Waals surface area contributed by atoms with Crippen molar-refractivity contribution >= 4 is 29.5 Å². The van der Waals surface area contributed by atoms with Crippen LogP contribution in [-0.2, 0) is 14.4 Å². The Morgan fingerprint density at radius 2 is 1.83 bits per heavy atom. The third kappa shape index (κ3) is 3.85. The van der Waals surface area contributed by atoms with Gasteiger partial charge in [0.2, 0.25) is 17.7 Å². The molecule has 3 aliphatic rings. The van der Waals surface area contributed by atoms with Gasteiger partial charge in [-0.25, -0.2) is 0 Å². The maximum absolute atomic E-state index is 13.6. The second-order valence-corrected chi connectivity index (χ2v) is 11.0. The van der Waals surface area contributed by atoms with E-state index in [1.807, 2.05) is 6.92 Å². The van der Waals surface area contributed by atoms with Gasteiger partial charge in [-0.15, -0.1) is 11.8 Å². The van der Waals surface area contributed by atoms with Gasteiger partial charge in [-0.05, 0) is 45.4 Å². The average Bonchev–Trinajstić information content (AvgIpc) is 3.28. The lowest BCUT2D eigenvalue weighted by molar-refractivity contribution is -0.140. The van der Waals surface area contributed by atoms with Crippen LogP contribution in [0.2, 0.25) is 0 Å². The Morgan fingerprint density at radius 1 is 1.10 bits per heavy atom. The number of amides is 3. The van der Waals surface area contributed by atoms with E-state index >= 15 is 0 Å². The molecule has 0 aromatic carbocycles. The molecule has 3 heterocycles. The SMILES string of the molecule is CCCCNC(=O)C1N(CCCCO)C(=O)[C@@H]2[C@@H](C(=O)NCCC)[C@@]3(C)CCC12S3. The highest BCUT2D eigenvalue weighted by atomic mass is 32.2. The largest absolute Gasteiger partial charge is 0.396 e. The molecular weight excluding hydrogens is 402 g/mol. The van der Waals surface area contributed by atoms with Crippen LogP contribution in [0.4, 0.5) is 0 Å². The van der Waals surface area contributed by atoms with Crippen LogP contribution < -0.4 is 10.6 Å². The second-order valence-electron chi connectivity index (χ2n) is 9.13. The Hall–Kier alpha value is -1.28. The third-order valence-electron chi connectivity index (χ3n) is 6.99. The van der Waals surface area contributed by atoms with Gasteiger partial charge < -0.3 is 20.6 Å². The highest BCUT2D eigenvalue weighted by Gasteiger charge is 2.76. The third-order valence-corrected chi connectivity index (χ3v) is 8.98. The van der Waals surface area contributed by atoms with E-state index in [9.17, 15) is 19.5 Å². The summed E-state index contributed by atoms with van der Waals surface area (Å²) >= 11 is 1.71. The van der Waals surface area contributed by atoms with Crippen molar-refractivity contribution in [3.05, 3.63) is 0 Å². The lowest BCUT2D eigenvalue weighted by Crippen LogP contribution is -2.54. The summed E-state index contributed by atoms with van der Waals surface area (Å²) in [7, 11) is 0. The Kier molecular flexibility index (Phi) is 7.38. The zero-order valence-corrected chi connectivity index (χ0v) is 19.4. The van der Waals surface area contributed by atoms with Gasteiger partial charge in [-0.2, -0.15) is 0 Å². The summed E-state index contributed by atoms with van der Waals surface area (Å²) < 4.78 is -0.840. The van der Waals surface area contributed by atoms with E-state index in [0.717, 1.165) is 32.1 Å². The molecule has 0 aliphatic carbocycles. The van der Waals surface area contributed by atoms with E-state index in [-0.39, 0.29) is 29.1 Å². The number of rotatable bonds is 11. The van der Waals surface area contributed by atoms with Gasteiger partial charge >= 0.3 is 0 Å². The quantitative estimate of drug-likeness (QED) is 0.426. The molecule has 5 atom stereocenters. The molecule has 2 bridgehead atoms. The molecule has 0 aromatic heterocycles. The topological polar surface area (TPSA) is 98.7 Å². The van der Waals surface area contributed by atoms with Crippen LogP contribution in [0.15, 0.2) is 0 Å². The van der Waals surface area contributed by atoms with E-state index < -0.39 is 22.6 Å². The number of thioether (sulfide) groups is 1. The number of unbranched alkanes of at least 4 members (excludes halogenated alkanes) is 2. The van der Waals surface area contributed by atoms with Crippen molar-refractivity contribution in [1.29, 1.82) is 0 Å². The molecule has 3 fully saturated rings. The molecule has 3 amide bonds. The van der Waals surface area contributed by atoms with Crippen molar-refractivity contribution in [3.63, 3.8) is 0 Å². The molecule has 1 spiro atoms. The van der Waals surface area contributed by atoms with Gasteiger partial charge in [0.1, 0.15) is 6.04 Å². The van der Waals surface area contributed by atoms with Gasteiger partial charge in [0.05, 0.1) is 16.6 Å². The number of aliphatic hydroxyl groups excluding tert-OH is 1. The lowest BCUT2D eigenvalue weighted by atomic mass is 9.66. The molecule has 8 heteroatoms. The van der Waals surface area contributed by atoms with E-state index in [0.29, 0.717) is 32.5 Å². The molecule has 3 saturated heterocycles. The number of hydrogen-bond acceptors (Lipinski definition) is 5. The number of carbonyl (C=O) groups is 3. The fourth-order valence-corrected chi connectivity index (χ4v) is 7.96. The Morgan fingerprint density at radius 3 is 2.50 bits per heavy atom. The minimum absolute atomic E-state index is 0.0471. The summed E-state index contributed by atoms with van der Waals surface area (Å²) in [6.45, 7) is 7.91. The predicted molar refractivity (Wildman–Crippen MR) is 118 cm³/mol. The number of hydrogen-bond donors (Lipinski definition) is 3. The summed E-state index contributed by atoms with van der Waals surface area (Å²) in [6, 6.07) is -0.540. The number of fused-ring (bicyclic) bond motifs is 1. The molecule has 3 aliphatic heterocycles. The molecule has 30 heavy (non-hydrogen) atoms. The molecule has 2 unspecified atom stereocenters. The number of nitrogens with one attached hydrogen (secondary N) is 2. The smallest absolute Gasteiger partial charge is 0.244 e. The number of nitrogens with zero attached hydrogens (tertiary/aromatic N) is 1. The first-order valence-electron chi connectivity index (χ1n) is 11.5. The minimum atomic E-state index is -0.540. The summed E-state index contributed by atoms with van der Waals surface area (Å²) in [5.74, 6) is -1.04. The summed E-state index contributed by atoms with van der Waals surface area (Å²) in [6.07, 6.45) is 5.61. The fourth-order valence-electron chi connectivity index (χ4n) is 5.60. The fraction of sp³-hybridized carbons (Fsp3) is 0.864. The standard InChI is InChI=1S/C22H37N3O4S/c1-4-6-12-24-19(28)17-22-10-9-21(3,30-22)15(18(27)23-11-5-2)16(22)20(29)25(17)13-7-8-14-26/h15-17,26H,4-14H2,1-3H3,(H,23,27)(H,24,28)/t15-,16-,17?,21+,22?/m0/s1. The van der Waals surface area contributed by atoms with E-state index in [4.69, 9.17) is 0 Å². The average molecular weight is 440 g/mol. The number of likely N-dealkylation sites (tertiary alicyclic amines) is 1. The van der Waals surface area contributed by atoms with Gasteiger partial charge in [0.25, 0.3) is 0 Å². The first-order valence-corrected chi connectivity index (χ1v) is 12.3. The Bertz CT molecular complexity index is 675. The Balaban J connectivity index is 1.91.